The molecule has 0 spiro atoms. The molecule has 1 heterocycles. The van der Waals surface area contributed by atoms with E-state index in [0.717, 1.165) is 29.9 Å². The zero-order valence-electron chi connectivity index (χ0n) is 16.1. The van der Waals surface area contributed by atoms with Crippen molar-refractivity contribution < 1.29 is 4.79 Å². The van der Waals surface area contributed by atoms with E-state index >= 15 is 0 Å². The number of benzene rings is 1. The Balaban J connectivity index is 1.53. The van der Waals surface area contributed by atoms with Gasteiger partial charge in [0.15, 0.2) is 5.16 Å². The van der Waals surface area contributed by atoms with Gasteiger partial charge in [-0.2, -0.15) is 0 Å². The molecule has 1 aromatic heterocycles. The van der Waals surface area contributed by atoms with Crippen LogP contribution in [-0.4, -0.2) is 26.4 Å². The van der Waals surface area contributed by atoms with Gasteiger partial charge in [0.05, 0.1) is 16.5 Å². The van der Waals surface area contributed by atoms with Crippen molar-refractivity contribution in [2.24, 2.45) is 5.92 Å². The molecule has 0 radical (unpaired) electrons. The standard InChI is InChI=1S/C20H26Cl2N4OS/c1-2-26-18(11-8-14-6-4-3-5-7-14)24-25-20(26)28-13-19(27)23-17-10-9-15(21)12-16(17)22/h9-10,12,14H,2-8,11,13H2,1H3,(H,23,27). The maximum absolute atomic E-state index is 12.3. The molecule has 0 saturated heterocycles. The molecule has 1 aliphatic carbocycles. The first-order valence-electron chi connectivity index (χ1n) is 9.86. The van der Waals surface area contributed by atoms with Crippen LogP contribution in [0.2, 0.25) is 10.0 Å². The Bertz CT molecular complexity index is 805. The topological polar surface area (TPSA) is 59.8 Å². The number of rotatable bonds is 8. The Kier molecular flexibility index (Phi) is 8.06. The van der Waals surface area contributed by atoms with Crippen LogP contribution in [0.15, 0.2) is 23.4 Å². The summed E-state index contributed by atoms with van der Waals surface area (Å²) in [6.45, 7) is 2.89. The molecule has 1 saturated carbocycles. The van der Waals surface area contributed by atoms with Crippen LogP contribution in [0.4, 0.5) is 5.69 Å². The van der Waals surface area contributed by atoms with Crippen LogP contribution in [0, 0.1) is 5.92 Å². The minimum atomic E-state index is -0.136. The van der Waals surface area contributed by atoms with Crippen LogP contribution in [0.5, 0.6) is 0 Å². The lowest BCUT2D eigenvalue weighted by atomic mass is 9.86. The lowest BCUT2D eigenvalue weighted by Crippen LogP contribution is -2.15. The maximum atomic E-state index is 12.3. The number of nitrogens with zero attached hydrogens (tertiary/aromatic N) is 3. The number of aryl methyl sites for hydroxylation is 1. The zero-order valence-corrected chi connectivity index (χ0v) is 18.4. The van der Waals surface area contributed by atoms with E-state index in [1.54, 1.807) is 18.2 Å². The van der Waals surface area contributed by atoms with Crippen molar-refractivity contribution in [3.05, 3.63) is 34.1 Å². The second-order valence-corrected chi connectivity index (χ2v) is 8.93. The first-order valence-corrected chi connectivity index (χ1v) is 11.6. The lowest BCUT2D eigenvalue weighted by molar-refractivity contribution is -0.113. The van der Waals surface area contributed by atoms with E-state index in [2.05, 4.69) is 27.0 Å². The van der Waals surface area contributed by atoms with Gasteiger partial charge in [-0.1, -0.05) is 67.1 Å². The largest absolute Gasteiger partial charge is 0.324 e. The third kappa shape index (κ3) is 5.88. The summed E-state index contributed by atoms with van der Waals surface area (Å²) in [4.78, 5) is 12.3. The molecule has 5 nitrogen and oxygen atoms in total. The van der Waals surface area contributed by atoms with E-state index in [0.29, 0.717) is 15.7 Å². The summed E-state index contributed by atoms with van der Waals surface area (Å²) >= 11 is 13.4. The number of amides is 1. The van der Waals surface area contributed by atoms with Crippen molar-refractivity contribution >= 4 is 46.6 Å². The number of hydrogen-bond donors (Lipinski definition) is 1. The minimum absolute atomic E-state index is 0.136. The van der Waals surface area contributed by atoms with Crippen LogP contribution in [0.3, 0.4) is 0 Å². The molecule has 0 bridgehead atoms. The SMILES string of the molecule is CCn1c(CCC2CCCCC2)nnc1SCC(=O)Nc1ccc(Cl)cc1Cl. The molecule has 8 heteroatoms. The smallest absolute Gasteiger partial charge is 0.234 e. The van der Waals surface area contributed by atoms with Crippen LogP contribution < -0.4 is 5.32 Å². The Labute approximate surface area is 180 Å². The second-order valence-electron chi connectivity index (χ2n) is 7.15. The first kappa shape index (κ1) is 21.5. The van der Waals surface area contributed by atoms with E-state index in [1.807, 2.05) is 0 Å². The average molecular weight is 441 g/mol. The second kappa shape index (κ2) is 10.5. The highest BCUT2D eigenvalue weighted by atomic mass is 35.5. The van der Waals surface area contributed by atoms with E-state index in [1.165, 1.54) is 50.3 Å². The van der Waals surface area contributed by atoms with E-state index < -0.39 is 0 Å². The van der Waals surface area contributed by atoms with Crippen molar-refractivity contribution in [1.29, 1.82) is 0 Å². The number of carbonyl (C=O) groups is 1. The third-order valence-electron chi connectivity index (χ3n) is 5.15. The fraction of sp³-hybridized carbons (Fsp3) is 0.550. The number of aromatic nitrogens is 3. The Morgan fingerprint density at radius 2 is 2.04 bits per heavy atom. The Hall–Kier alpha value is -1.24. The maximum Gasteiger partial charge on any atom is 0.234 e. The van der Waals surface area contributed by atoms with Gasteiger partial charge in [0.1, 0.15) is 5.82 Å². The molecule has 0 aliphatic heterocycles. The normalized spacial score (nSPS) is 15.0. The van der Waals surface area contributed by atoms with E-state index in [-0.39, 0.29) is 11.7 Å². The molecule has 1 fully saturated rings. The molecule has 28 heavy (non-hydrogen) atoms. The average Bonchev–Trinajstić information content (AvgIpc) is 3.09. The molecule has 1 aliphatic rings. The van der Waals surface area contributed by atoms with Gasteiger partial charge >= 0.3 is 0 Å². The quantitative estimate of drug-likeness (QED) is 0.522. The number of nitrogens with one attached hydrogen (secondary N) is 1. The summed E-state index contributed by atoms with van der Waals surface area (Å²) in [5, 5.41) is 13.3. The van der Waals surface area contributed by atoms with E-state index in [4.69, 9.17) is 23.2 Å². The summed E-state index contributed by atoms with van der Waals surface area (Å²) in [6, 6.07) is 5.01. The molecule has 0 atom stereocenters. The fourth-order valence-corrected chi connectivity index (χ4v) is 4.92. The van der Waals surface area contributed by atoms with Crippen LogP contribution in [-0.2, 0) is 17.8 Å². The monoisotopic (exact) mass is 440 g/mol. The van der Waals surface area contributed by atoms with Crippen molar-refractivity contribution in [2.75, 3.05) is 11.1 Å². The van der Waals surface area contributed by atoms with Crippen LogP contribution in [0.25, 0.3) is 0 Å². The predicted molar refractivity (Wildman–Crippen MR) is 116 cm³/mol. The summed E-state index contributed by atoms with van der Waals surface area (Å²) in [6.07, 6.45) is 8.92. The number of carbonyl (C=O) groups excluding carboxylic acids is 1. The predicted octanol–water partition coefficient (Wildman–Crippen LogP) is 5.85. The molecule has 1 N–H and O–H groups in total. The fourth-order valence-electron chi connectivity index (χ4n) is 3.64. The van der Waals surface area contributed by atoms with Gasteiger partial charge in [-0.3, -0.25) is 4.79 Å². The van der Waals surface area contributed by atoms with Crippen molar-refractivity contribution in [3.63, 3.8) is 0 Å². The van der Waals surface area contributed by atoms with E-state index in [9.17, 15) is 4.79 Å². The summed E-state index contributed by atoms with van der Waals surface area (Å²) in [7, 11) is 0. The Morgan fingerprint density at radius 3 is 2.75 bits per heavy atom. The van der Waals surface area contributed by atoms with Crippen molar-refractivity contribution in [3.8, 4) is 0 Å². The Morgan fingerprint density at radius 1 is 1.25 bits per heavy atom. The van der Waals surface area contributed by atoms with Gasteiger partial charge in [0.25, 0.3) is 0 Å². The van der Waals surface area contributed by atoms with Crippen LogP contribution >= 0.6 is 35.0 Å². The summed E-state index contributed by atoms with van der Waals surface area (Å²) in [5.74, 6) is 1.96. The molecule has 2 aromatic rings. The third-order valence-corrected chi connectivity index (χ3v) is 6.66. The van der Waals surface area contributed by atoms with Gasteiger partial charge in [-0.05, 0) is 37.5 Å². The summed E-state index contributed by atoms with van der Waals surface area (Å²) < 4.78 is 2.12. The van der Waals surface area contributed by atoms with Crippen molar-refractivity contribution in [2.45, 2.75) is 63.6 Å². The highest BCUT2D eigenvalue weighted by Gasteiger charge is 2.17. The first-order chi connectivity index (χ1) is 13.6. The molecule has 1 amide bonds. The number of hydrogen-bond acceptors (Lipinski definition) is 4. The molecular formula is C20H26Cl2N4OS. The minimum Gasteiger partial charge on any atom is -0.324 e. The van der Waals surface area contributed by atoms with Gasteiger partial charge in [0, 0.05) is 18.0 Å². The van der Waals surface area contributed by atoms with Crippen LogP contribution in [0.1, 0.15) is 51.3 Å². The molecular weight excluding hydrogens is 415 g/mol. The molecule has 152 valence electrons. The molecule has 0 unspecified atom stereocenters. The molecule has 1 aromatic carbocycles. The summed E-state index contributed by atoms with van der Waals surface area (Å²) in [5.41, 5.74) is 0.557. The number of thioether (sulfide) groups is 1. The molecule has 3 rings (SSSR count). The van der Waals surface area contributed by atoms with Crippen molar-refractivity contribution in [1.82, 2.24) is 14.8 Å². The van der Waals surface area contributed by atoms with Gasteiger partial charge in [-0.15, -0.1) is 10.2 Å². The number of anilines is 1. The van der Waals surface area contributed by atoms with Gasteiger partial charge in [0.2, 0.25) is 5.91 Å². The lowest BCUT2D eigenvalue weighted by Gasteiger charge is -2.21. The highest BCUT2D eigenvalue weighted by molar-refractivity contribution is 7.99. The zero-order chi connectivity index (χ0) is 19.9. The van der Waals surface area contributed by atoms with Gasteiger partial charge < -0.3 is 9.88 Å². The van der Waals surface area contributed by atoms with Gasteiger partial charge in [-0.25, -0.2) is 0 Å². The number of halogens is 2. The highest BCUT2D eigenvalue weighted by Crippen LogP contribution is 2.28.